The van der Waals surface area contributed by atoms with Crippen molar-refractivity contribution in [3.05, 3.63) is 42.2 Å². The molecule has 1 atom stereocenters. The fraction of sp³-hybridized carbons (Fsp3) is 0.526. The maximum absolute atomic E-state index is 4.35. The highest BCUT2D eigenvalue weighted by Crippen LogP contribution is 2.36. The molecule has 0 radical (unpaired) electrons. The first kappa shape index (κ1) is 14.5. The standard InChI is InChI=1S/C19H26N2/c1-2-21-19(16-8-5-3-4-6-9-16)17-11-7-10-15-12-13-20-14-18(15)17/h7,10-14,16,19,21H,2-6,8-9H2,1H3. The molecule has 112 valence electrons. The van der Waals surface area contributed by atoms with Gasteiger partial charge in [-0.1, -0.05) is 50.8 Å². The first-order valence-corrected chi connectivity index (χ1v) is 8.46. The van der Waals surface area contributed by atoms with Crippen molar-refractivity contribution >= 4 is 10.8 Å². The first-order chi connectivity index (χ1) is 10.4. The number of hydrogen-bond acceptors (Lipinski definition) is 2. The van der Waals surface area contributed by atoms with Crippen molar-refractivity contribution in [1.29, 1.82) is 0 Å². The Morgan fingerprint density at radius 2 is 1.95 bits per heavy atom. The Morgan fingerprint density at radius 1 is 1.14 bits per heavy atom. The molecular formula is C19H26N2. The van der Waals surface area contributed by atoms with Crippen LogP contribution in [-0.2, 0) is 0 Å². The Balaban J connectivity index is 1.98. The number of fused-ring (bicyclic) bond motifs is 1. The minimum atomic E-state index is 0.473. The van der Waals surface area contributed by atoms with E-state index in [2.05, 4.69) is 41.5 Å². The van der Waals surface area contributed by atoms with E-state index in [1.807, 2.05) is 12.4 Å². The van der Waals surface area contributed by atoms with Crippen LogP contribution in [0.15, 0.2) is 36.7 Å². The predicted molar refractivity (Wildman–Crippen MR) is 89.4 cm³/mol. The highest BCUT2D eigenvalue weighted by molar-refractivity contribution is 5.85. The van der Waals surface area contributed by atoms with E-state index in [9.17, 15) is 0 Å². The smallest absolute Gasteiger partial charge is 0.0355 e. The van der Waals surface area contributed by atoms with Gasteiger partial charge in [0.1, 0.15) is 0 Å². The van der Waals surface area contributed by atoms with Crippen LogP contribution in [0, 0.1) is 5.92 Å². The summed E-state index contributed by atoms with van der Waals surface area (Å²) in [5, 5.41) is 6.38. The first-order valence-electron chi connectivity index (χ1n) is 8.46. The van der Waals surface area contributed by atoms with Crippen molar-refractivity contribution in [2.45, 2.75) is 51.5 Å². The van der Waals surface area contributed by atoms with Gasteiger partial charge in [0.2, 0.25) is 0 Å². The molecule has 3 rings (SSSR count). The molecule has 0 spiro atoms. The second-order valence-electron chi connectivity index (χ2n) is 6.23. The summed E-state index contributed by atoms with van der Waals surface area (Å²) >= 11 is 0. The zero-order chi connectivity index (χ0) is 14.5. The summed E-state index contributed by atoms with van der Waals surface area (Å²) in [6, 6.07) is 9.27. The van der Waals surface area contributed by atoms with E-state index in [1.165, 1.54) is 54.9 Å². The molecule has 1 saturated carbocycles. The lowest BCUT2D eigenvalue weighted by molar-refractivity contribution is 0.332. The van der Waals surface area contributed by atoms with Crippen LogP contribution < -0.4 is 5.32 Å². The number of hydrogen-bond donors (Lipinski definition) is 1. The van der Waals surface area contributed by atoms with Crippen LogP contribution in [0.3, 0.4) is 0 Å². The minimum absolute atomic E-state index is 0.473. The summed E-state index contributed by atoms with van der Waals surface area (Å²) in [4.78, 5) is 4.35. The Labute approximate surface area is 128 Å². The molecule has 2 heteroatoms. The van der Waals surface area contributed by atoms with Gasteiger partial charge in [-0.25, -0.2) is 0 Å². The third kappa shape index (κ3) is 3.26. The second kappa shape index (κ2) is 7.04. The Morgan fingerprint density at radius 3 is 2.71 bits per heavy atom. The highest BCUT2D eigenvalue weighted by atomic mass is 14.9. The van der Waals surface area contributed by atoms with E-state index >= 15 is 0 Å². The van der Waals surface area contributed by atoms with Crippen molar-refractivity contribution in [3.63, 3.8) is 0 Å². The average Bonchev–Trinajstić information content (AvgIpc) is 2.81. The molecule has 0 saturated heterocycles. The van der Waals surface area contributed by atoms with Gasteiger partial charge in [0.15, 0.2) is 0 Å². The largest absolute Gasteiger partial charge is 0.310 e. The number of nitrogens with zero attached hydrogens (tertiary/aromatic N) is 1. The van der Waals surface area contributed by atoms with Crippen LogP contribution in [0.2, 0.25) is 0 Å². The maximum Gasteiger partial charge on any atom is 0.0355 e. The molecule has 1 aliphatic rings. The lowest BCUT2D eigenvalue weighted by Crippen LogP contribution is -2.28. The summed E-state index contributed by atoms with van der Waals surface area (Å²) in [6.07, 6.45) is 12.2. The van der Waals surface area contributed by atoms with E-state index in [1.54, 1.807) is 0 Å². The third-order valence-corrected chi connectivity index (χ3v) is 4.85. The van der Waals surface area contributed by atoms with Gasteiger partial charge in [0.05, 0.1) is 0 Å². The van der Waals surface area contributed by atoms with Crippen LogP contribution in [0.1, 0.15) is 57.1 Å². The molecule has 0 bridgehead atoms. The van der Waals surface area contributed by atoms with Gasteiger partial charge in [0.25, 0.3) is 0 Å². The van der Waals surface area contributed by atoms with Gasteiger partial charge in [-0.15, -0.1) is 0 Å². The highest BCUT2D eigenvalue weighted by Gasteiger charge is 2.24. The van der Waals surface area contributed by atoms with E-state index in [-0.39, 0.29) is 0 Å². The Kier molecular flexibility index (Phi) is 4.87. The molecule has 1 aromatic heterocycles. The number of benzene rings is 1. The predicted octanol–water partition coefficient (Wildman–Crippen LogP) is 4.86. The average molecular weight is 282 g/mol. The van der Waals surface area contributed by atoms with Gasteiger partial charge >= 0.3 is 0 Å². The molecule has 1 aliphatic carbocycles. The third-order valence-electron chi connectivity index (χ3n) is 4.85. The summed E-state index contributed by atoms with van der Waals surface area (Å²) in [5.74, 6) is 0.762. The molecule has 2 nitrogen and oxygen atoms in total. The summed E-state index contributed by atoms with van der Waals surface area (Å²) < 4.78 is 0. The molecule has 1 fully saturated rings. The minimum Gasteiger partial charge on any atom is -0.310 e. The Hall–Kier alpha value is -1.41. The SMILES string of the molecule is CCNC(c1cccc2ccncc12)C1CCCCCC1. The van der Waals surface area contributed by atoms with Crippen LogP contribution in [-0.4, -0.2) is 11.5 Å². The van der Waals surface area contributed by atoms with Crippen molar-refractivity contribution in [2.24, 2.45) is 5.92 Å². The molecule has 0 aliphatic heterocycles. The maximum atomic E-state index is 4.35. The van der Waals surface area contributed by atoms with Crippen molar-refractivity contribution in [2.75, 3.05) is 6.54 Å². The van der Waals surface area contributed by atoms with Crippen LogP contribution >= 0.6 is 0 Å². The number of pyridine rings is 1. The Bertz CT molecular complexity index is 565. The molecule has 0 amide bonds. The normalized spacial score (nSPS) is 18.5. The van der Waals surface area contributed by atoms with Crippen molar-refractivity contribution in [1.82, 2.24) is 10.3 Å². The van der Waals surface area contributed by atoms with E-state index in [0.29, 0.717) is 6.04 Å². The van der Waals surface area contributed by atoms with Gasteiger partial charge < -0.3 is 5.32 Å². The molecule has 1 heterocycles. The number of rotatable bonds is 4. The fourth-order valence-corrected chi connectivity index (χ4v) is 3.80. The topological polar surface area (TPSA) is 24.9 Å². The van der Waals surface area contributed by atoms with Crippen LogP contribution in [0.4, 0.5) is 0 Å². The molecule has 1 unspecified atom stereocenters. The summed E-state index contributed by atoms with van der Waals surface area (Å²) in [6.45, 7) is 3.24. The zero-order valence-corrected chi connectivity index (χ0v) is 13.0. The quantitative estimate of drug-likeness (QED) is 0.810. The molecule has 1 aromatic carbocycles. The fourth-order valence-electron chi connectivity index (χ4n) is 3.80. The van der Waals surface area contributed by atoms with Crippen LogP contribution in [0.25, 0.3) is 10.8 Å². The monoisotopic (exact) mass is 282 g/mol. The van der Waals surface area contributed by atoms with E-state index < -0.39 is 0 Å². The second-order valence-corrected chi connectivity index (χ2v) is 6.23. The zero-order valence-electron chi connectivity index (χ0n) is 13.0. The van der Waals surface area contributed by atoms with Crippen LogP contribution in [0.5, 0.6) is 0 Å². The summed E-state index contributed by atoms with van der Waals surface area (Å²) in [5.41, 5.74) is 1.44. The number of nitrogens with one attached hydrogen (secondary N) is 1. The van der Waals surface area contributed by atoms with Crippen molar-refractivity contribution < 1.29 is 0 Å². The van der Waals surface area contributed by atoms with Gasteiger partial charge in [-0.3, -0.25) is 4.98 Å². The lowest BCUT2D eigenvalue weighted by atomic mass is 9.85. The van der Waals surface area contributed by atoms with Gasteiger partial charge in [-0.05, 0) is 42.3 Å². The van der Waals surface area contributed by atoms with E-state index in [0.717, 1.165) is 12.5 Å². The molecule has 2 aromatic rings. The van der Waals surface area contributed by atoms with E-state index in [4.69, 9.17) is 0 Å². The molecular weight excluding hydrogens is 256 g/mol. The van der Waals surface area contributed by atoms with Gasteiger partial charge in [0, 0.05) is 23.8 Å². The lowest BCUT2D eigenvalue weighted by Gasteiger charge is -2.28. The summed E-state index contributed by atoms with van der Waals surface area (Å²) in [7, 11) is 0. The van der Waals surface area contributed by atoms with Crippen molar-refractivity contribution in [3.8, 4) is 0 Å². The molecule has 1 N–H and O–H groups in total. The van der Waals surface area contributed by atoms with Gasteiger partial charge in [-0.2, -0.15) is 0 Å². The molecule has 21 heavy (non-hydrogen) atoms. The number of aromatic nitrogens is 1.